The molecular formula is C72H112O7. The van der Waals surface area contributed by atoms with Crippen LogP contribution in [-0.4, -0.2) is 51.8 Å². The third-order valence-electron chi connectivity index (χ3n) is 16.7. The third-order valence-corrected chi connectivity index (χ3v) is 16.7. The summed E-state index contributed by atoms with van der Waals surface area (Å²) in [4.78, 5) is 39.3. The number of allylic oxidation sites excluding steroid dienone is 18. The molecule has 0 amide bonds. The van der Waals surface area contributed by atoms with E-state index in [2.05, 4.69) is 97.6 Å². The van der Waals surface area contributed by atoms with Crippen molar-refractivity contribution in [3.8, 4) is 0 Å². The number of carbonyl (C=O) groups excluding carboxylic acids is 3. The van der Waals surface area contributed by atoms with Crippen LogP contribution in [0.15, 0.2) is 125 Å². The van der Waals surface area contributed by atoms with Crippen molar-refractivity contribution >= 4 is 17.7 Å². The van der Waals surface area contributed by atoms with E-state index in [9.17, 15) is 19.5 Å². The fourth-order valence-electron chi connectivity index (χ4n) is 12.0. The molecule has 3 aliphatic rings. The summed E-state index contributed by atoms with van der Waals surface area (Å²) in [5, 5.41) is 11.6. The van der Waals surface area contributed by atoms with Gasteiger partial charge in [0.1, 0.15) is 17.8 Å². The SMILES string of the molecule is CCCCCC/C=C\CCCCCCCC(=O)O[C@H]1CC(C)(C)[C@]2(CC(=O)/C(C)=C/C=C/C(C)=C/C=C/C=C(C)/C=C/C=C(\C)C=C=C3C(C)(C)C[C@H](OC(=O)CCCCCCC/C=C/CCCCCC)C[C@@]3(C)O)O[C@]2(C)C1. The minimum atomic E-state index is -1.13. The molecule has 79 heavy (non-hydrogen) atoms. The van der Waals surface area contributed by atoms with Gasteiger partial charge < -0.3 is 19.3 Å². The Morgan fingerprint density at radius 2 is 0.975 bits per heavy atom. The molecule has 0 aromatic heterocycles. The van der Waals surface area contributed by atoms with Gasteiger partial charge in [0.2, 0.25) is 0 Å². The number of carbonyl (C=O) groups is 3. The summed E-state index contributed by atoms with van der Waals surface area (Å²) in [6.07, 6.45) is 60.5. The molecule has 0 bridgehead atoms. The molecule has 2 aliphatic carbocycles. The van der Waals surface area contributed by atoms with Crippen molar-refractivity contribution in [2.45, 2.75) is 298 Å². The highest BCUT2D eigenvalue weighted by molar-refractivity contribution is 5.96. The van der Waals surface area contributed by atoms with Gasteiger partial charge in [0.05, 0.1) is 11.2 Å². The van der Waals surface area contributed by atoms with Crippen molar-refractivity contribution < 1.29 is 33.7 Å². The number of Topliss-reactive ketones (excluding diaryl/α,β-unsaturated/α-hetero) is 1. The second-order valence-corrected chi connectivity index (χ2v) is 25.4. The van der Waals surface area contributed by atoms with Crippen molar-refractivity contribution in [3.05, 3.63) is 125 Å². The minimum Gasteiger partial charge on any atom is -0.462 e. The van der Waals surface area contributed by atoms with E-state index in [1.165, 1.54) is 89.9 Å². The van der Waals surface area contributed by atoms with Crippen molar-refractivity contribution in [3.63, 3.8) is 0 Å². The van der Waals surface area contributed by atoms with Gasteiger partial charge in [0.25, 0.3) is 0 Å². The van der Waals surface area contributed by atoms with Crippen molar-refractivity contribution in [2.75, 3.05) is 0 Å². The molecule has 7 heteroatoms. The van der Waals surface area contributed by atoms with Gasteiger partial charge in [-0.3, -0.25) is 14.4 Å². The summed E-state index contributed by atoms with van der Waals surface area (Å²) < 4.78 is 18.5. The van der Waals surface area contributed by atoms with Gasteiger partial charge in [-0.25, -0.2) is 0 Å². The normalized spacial score (nSPS) is 24.5. The summed E-state index contributed by atoms with van der Waals surface area (Å²) in [5.41, 5.74) is 5.21. The fraction of sp³-hybridized carbons (Fsp3) is 0.667. The number of epoxide rings is 1. The van der Waals surface area contributed by atoms with E-state index in [0.29, 0.717) is 50.5 Å². The number of unbranched alkanes of at least 4 members (excludes halogenated alkanes) is 18. The molecule has 0 radical (unpaired) electrons. The van der Waals surface area contributed by atoms with Crippen LogP contribution in [-0.2, 0) is 28.6 Å². The smallest absolute Gasteiger partial charge is 0.306 e. The van der Waals surface area contributed by atoms with E-state index >= 15 is 0 Å². The average molecular weight is 1090 g/mol. The zero-order valence-electron chi connectivity index (χ0n) is 52.2. The summed E-state index contributed by atoms with van der Waals surface area (Å²) >= 11 is 0. The first-order valence-corrected chi connectivity index (χ1v) is 31.4. The van der Waals surface area contributed by atoms with Crippen LogP contribution in [0.1, 0.15) is 269 Å². The van der Waals surface area contributed by atoms with Gasteiger partial charge in [0, 0.05) is 43.1 Å². The first-order valence-electron chi connectivity index (χ1n) is 31.4. The molecule has 3 fully saturated rings. The third kappa shape index (κ3) is 26.0. The van der Waals surface area contributed by atoms with Crippen LogP contribution in [0.3, 0.4) is 0 Å². The highest BCUT2D eigenvalue weighted by atomic mass is 16.6. The first kappa shape index (κ1) is 69.0. The molecule has 2 saturated carbocycles. The summed E-state index contributed by atoms with van der Waals surface area (Å²) in [6, 6.07) is 0. The number of ketones is 1. The topological polar surface area (TPSA) is 102 Å². The Bertz CT molecular complexity index is 2210. The maximum atomic E-state index is 13.6. The van der Waals surface area contributed by atoms with E-state index in [1.807, 2.05) is 82.4 Å². The largest absolute Gasteiger partial charge is 0.462 e. The molecule has 0 unspecified atom stereocenters. The molecule has 1 aliphatic heterocycles. The Labute approximate surface area is 483 Å². The van der Waals surface area contributed by atoms with Crippen molar-refractivity contribution in [1.29, 1.82) is 0 Å². The molecule has 442 valence electrons. The molecule has 1 saturated heterocycles. The number of fused-ring (bicyclic) bond motifs is 1. The lowest BCUT2D eigenvalue weighted by atomic mass is 9.61. The van der Waals surface area contributed by atoms with Gasteiger partial charge in [-0.2, -0.15) is 0 Å². The molecule has 7 nitrogen and oxygen atoms in total. The molecule has 0 aromatic rings. The Kier molecular flexibility index (Phi) is 31.6. The van der Waals surface area contributed by atoms with E-state index in [4.69, 9.17) is 14.2 Å². The van der Waals surface area contributed by atoms with Crippen molar-refractivity contribution in [2.24, 2.45) is 10.8 Å². The molecule has 1 heterocycles. The molecule has 0 aromatic carbocycles. The maximum absolute atomic E-state index is 13.6. The average Bonchev–Trinajstić information content (AvgIpc) is 4.03. The second kappa shape index (κ2) is 36.2. The number of aliphatic hydroxyl groups is 1. The quantitative estimate of drug-likeness (QED) is 0.0125. The molecular weight excluding hydrogens is 977 g/mol. The van der Waals surface area contributed by atoms with Gasteiger partial charge in [0.15, 0.2) is 5.78 Å². The predicted octanol–water partition coefficient (Wildman–Crippen LogP) is 19.7. The van der Waals surface area contributed by atoms with Crippen LogP contribution in [0.5, 0.6) is 0 Å². The van der Waals surface area contributed by atoms with Gasteiger partial charge in [-0.15, -0.1) is 5.73 Å². The Hall–Kier alpha value is -4.29. The van der Waals surface area contributed by atoms with Gasteiger partial charge in [-0.1, -0.05) is 215 Å². The molecule has 1 N–H and O–H groups in total. The number of esters is 2. The minimum absolute atomic E-state index is 0.0766. The molecule has 5 atom stereocenters. The highest BCUT2D eigenvalue weighted by Gasteiger charge is 2.76. The highest BCUT2D eigenvalue weighted by Crippen LogP contribution is 2.67. The lowest BCUT2D eigenvalue weighted by Crippen LogP contribution is -2.49. The van der Waals surface area contributed by atoms with Gasteiger partial charge in [-0.05, 0) is 141 Å². The standard InChI is InChI=1S/C72H112O7/c1-13-15-17-19-21-23-25-27-29-31-33-35-37-49-66(74)77-62-53-68(7,8)65(70(11,76)55-62)52-51-60(5)46-41-45-58(3)43-39-40-44-59(4)47-42-48-61(6)64(73)57-72-69(9,10)54-63(56-71(72,12)79-72)78-67(75)50-38-36-34-32-30-28-26-24-22-20-18-16-14-2/h23-26,39-48,51,62-63,76H,13-22,27-38,49-50,53-57H2,1-12H3/b25-23+,26-24-,40-39+,45-41+,47-42+,58-43+,59-44+,60-46+,61-48+/t52?,62-,63-,70+,71+,72-/m0/s1. The zero-order valence-corrected chi connectivity index (χ0v) is 52.2. The lowest BCUT2D eigenvalue weighted by Gasteiger charge is -2.44. The van der Waals surface area contributed by atoms with Gasteiger partial charge >= 0.3 is 11.9 Å². The molecule has 3 rings (SSSR count). The fourth-order valence-corrected chi connectivity index (χ4v) is 12.0. The maximum Gasteiger partial charge on any atom is 0.306 e. The lowest BCUT2D eigenvalue weighted by molar-refractivity contribution is -0.156. The van der Waals surface area contributed by atoms with E-state index in [1.54, 1.807) is 0 Å². The Morgan fingerprint density at radius 1 is 0.544 bits per heavy atom. The Morgan fingerprint density at radius 3 is 1.44 bits per heavy atom. The van der Waals surface area contributed by atoms with E-state index < -0.39 is 16.8 Å². The summed E-state index contributed by atoms with van der Waals surface area (Å²) in [6.45, 7) is 24.9. The van der Waals surface area contributed by atoms with Crippen molar-refractivity contribution in [1.82, 2.24) is 0 Å². The molecule has 0 spiro atoms. The van der Waals surface area contributed by atoms with Crippen LogP contribution in [0.2, 0.25) is 0 Å². The second-order valence-electron chi connectivity index (χ2n) is 25.4. The van der Waals surface area contributed by atoms with E-state index in [0.717, 1.165) is 73.7 Å². The van der Waals surface area contributed by atoms with Crippen LogP contribution in [0.25, 0.3) is 0 Å². The number of hydrogen-bond acceptors (Lipinski definition) is 7. The first-order chi connectivity index (χ1) is 37.6. The monoisotopic (exact) mass is 1090 g/mol. The van der Waals surface area contributed by atoms with Crippen LogP contribution < -0.4 is 0 Å². The summed E-state index contributed by atoms with van der Waals surface area (Å²) in [7, 11) is 0. The Balaban J connectivity index is 1.38. The predicted molar refractivity (Wildman–Crippen MR) is 333 cm³/mol. The number of hydrogen-bond donors (Lipinski definition) is 1. The van der Waals surface area contributed by atoms with Crippen LogP contribution in [0, 0.1) is 10.8 Å². The van der Waals surface area contributed by atoms with Crippen LogP contribution in [0.4, 0.5) is 0 Å². The zero-order chi connectivity index (χ0) is 58.2. The van der Waals surface area contributed by atoms with Crippen LogP contribution >= 0.6 is 0 Å². The van der Waals surface area contributed by atoms with E-state index in [-0.39, 0.29) is 40.8 Å². The summed E-state index contributed by atoms with van der Waals surface area (Å²) in [5.74, 6) is -0.200. The number of rotatable bonds is 38. The number of ether oxygens (including phenoxy) is 3.